The number of hydrogen-bond acceptors (Lipinski definition) is 3. The van der Waals surface area contributed by atoms with Gasteiger partial charge in [-0.3, -0.25) is 4.79 Å². The number of rotatable bonds is 5. The standard InChI is InChI=1S/C25H19N3O/c29-23(25-26-12-13-27-25)16-18-8-5-11-22-21(18)15-20-10-4-9-19(24(20)28-22)14-17-6-2-1-3-7-17/h1-13,15H,14,16H2,(H,26,27). The number of carbonyl (C=O) groups excluding carboxylic acids is 1. The van der Waals surface area contributed by atoms with Gasteiger partial charge in [0.1, 0.15) is 0 Å². The van der Waals surface area contributed by atoms with Crippen LogP contribution in [-0.4, -0.2) is 20.7 Å². The van der Waals surface area contributed by atoms with Crippen LogP contribution in [0.25, 0.3) is 21.8 Å². The van der Waals surface area contributed by atoms with E-state index in [0.717, 1.165) is 33.8 Å². The Bertz CT molecular complexity index is 1310. The normalized spacial score (nSPS) is 11.2. The van der Waals surface area contributed by atoms with Crippen molar-refractivity contribution in [3.63, 3.8) is 0 Å². The number of nitrogens with zero attached hydrogens (tertiary/aromatic N) is 2. The van der Waals surface area contributed by atoms with Gasteiger partial charge in [0.05, 0.1) is 11.0 Å². The molecule has 0 atom stereocenters. The maximum Gasteiger partial charge on any atom is 0.202 e. The molecular formula is C25H19N3O. The zero-order chi connectivity index (χ0) is 19.6. The number of nitrogens with one attached hydrogen (secondary N) is 1. The summed E-state index contributed by atoms with van der Waals surface area (Å²) in [6, 6.07) is 24.8. The fourth-order valence-electron chi connectivity index (χ4n) is 3.79. The molecule has 5 aromatic rings. The van der Waals surface area contributed by atoms with Crippen LogP contribution < -0.4 is 0 Å². The van der Waals surface area contributed by atoms with Gasteiger partial charge in [-0.05, 0) is 35.2 Å². The zero-order valence-electron chi connectivity index (χ0n) is 15.8. The number of imidazole rings is 1. The average molecular weight is 377 g/mol. The monoisotopic (exact) mass is 377 g/mol. The van der Waals surface area contributed by atoms with E-state index in [9.17, 15) is 4.79 Å². The molecule has 0 aliphatic rings. The van der Waals surface area contributed by atoms with Crippen molar-refractivity contribution in [3.8, 4) is 0 Å². The Labute approximate surface area is 168 Å². The third-order valence-corrected chi connectivity index (χ3v) is 5.21. The maximum atomic E-state index is 12.5. The van der Waals surface area contributed by atoms with E-state index in [0.29, 0.717) is 12.2 Å². The second-order valence-corrected chi connectivity index (χ2v) is 7.16. The molecule has 0 amide bonds. The Kier molecular flexibility index (Phi) is 4.37. The predicted octanol–water partition coefficient (Wildman–Crippen LogP) is 5.13. The van der Waals surface area contributed by atoms with Crippen molar-refractivity contribution in [2.24, 2.45) is 0 Å². The van der Waals surface area contributed by atoms with Crippen molar-refractivity contribution in [3.05, 3.63) is 108 Å². The fraction of sp³-hybridized carbons (Fsp3) is 0.0800. The molecule has 1 N–H and O–H groups in total. The van der Waals surface area contributed by atoms with Crippen LogP contribution in [0.15, 0.2) is 85.2 Å². The first-order valence-corrected chi connectivity index (χ1v) is 9.65. The van der Waals surface area contributed by atoms with Gasteiger partial charge in [-0.2, -0.15) is 0 Å². The number of fused-ring (bicyclic) bond motifs is 2. The molecule has 0 unspecified atom stereocenters. The molecular weight excluding hydrogens is 358 g/mol. The number of aromatic nitrogens is 3. The Morgan fingerprint density at radius 3 is 2.55 bits per heavy atom. The Balaban J connectivity index is 1.58. The van der Waals surface area contributed by atoms with Crippen LogP contribution in [-0.2, 0) is 12.8 Å². The highest BCUT2D eigenvalue weighted by atomic mass is 16.1. The minimum Gasteiger partial charge on any atom is -0.342 e. The van der Waals surface area contributed by atoms with Gasteiger partial charge >= 0.3 is 0 Å². The number of carbonyl (C=O) groups is 1. The van der Waals surface area contributed by atoms with E-state index in [4.69, 9.17) is 4.98 Å². The van der Waals surface area contributed by atoms with E-state index in [-0.39, 0.29) is 5.78 Å². The molecule has 5 rings (SSSR count). The lowest BCUT2D eigenvalue weighted by molar-refractivity contribution is 0.0984. The lowest BCUT2D eigenvalue weighted by atomic mass is 9.98. The van der Waals surface area contributed by atoms with Gasteiger partial charge in [-0.15, -0.1) is 0 Å². The van der Waals surface area contributed by atoms with Crippen LogP contribution in [0.3, 0.4) is 0 Å². The summed E-state index contributed by atoms with van der Waals surface area (Å²) in [5.74, 6) is 0.362. The zero-order valence-corrected chi connectivity index (χ0v) is 15.8. The van der Waals surface area contributed by atoms with E-state index in [1.54, 1.807) is 12.4 Å². The molecule has 0 aliphatic carbocycles. The number of benzene rings is 3. The van der Waals surface area contributed by atoms with E-state index < -0.39 is 0 Å². The number of hydrogen-bond donors (Lipinski definition) is 1. The molecule has 4 nitrogen and oxygen atoms in total. The van der Waals surface area contributed by atoms with Gasteiger partial charge in [0.15, 0.2) is 5.82 Å². The van der Waals surface area contributed by atoms with Crippen molar-refractivity contribution in [2.75, 3.05) is 0 Å². The molecule has 0 radical (unpaired) electrons. The molecule has 0 spiro atoms. The number of H-pyrrole nitrogens is 1. The Morgan fingerprint density at radius 2 is 1.72 bits per heavy atom. The largest absolute Gasteiger partial charge is 0.342 e. The summed E-state index contributed by atoms with van der Waals surface area (Å²) >= 11 is 0. The van der Waals surface area contributed by atoms with Gasteiger partial charge in [0, 0.05) is 29.6 Å². The summed E-state index contributed by atoms with van der Waals surface area (Å²) in [5, 5.41) is 2.10. The van der Waals surface area contributed by atoms with Gasteiger partial charge in [0.2, 0.25) is 5.78 Å². The third kappa shape index (κ3) is 3.41. The number of aromatic amines is 1. The van der Waals surface area contributed by atoms with Crippen molar-refractivity contribution in [1.29, 1.82) is 0 Å². The van der Waals surface area contributed by atoms with Crippen molar-refractivity contribution in [1.82, 2.24) is 15.0 Å². The first-order valence-electron chi connectivity index (χ1n) is 9.65. The number of ketones is 1. The topological polar surface area (TPSA) is 58.6 Å². The van der Waals surface area contributed by atoms with Crippen molar-refractivity contribution >= 4 is 27.6 Å². The van der Waals surface area contributed by atoms with Gasteiger partial charge in [-0.1, -0.05) is 60.7 Å². The molecule has 140 valence electrons. The lowest BCUT2D eigenvalue weighted by Crippen LogP contribution is -2.06. The highest BCUT2D eigenvalue weighted by Gasteiger charge is 2.13. The number of Topliss-reactive ketones (excluding diaryl/α,β-unsaturated/α-hetero) is 1. The summed E-state index contributed by atoms with van der Waals surface area (Å²) < 4.78 is 0. The summed E-state index contributed by atoms with van der Waals surface area (Å²) in [4.78, 5) is 24.5. The molecule has 2 heterocycles. The molecule has 0 aliphatic heterocycles. The van der Waals surface area contributed by atoms with E-state index in [1.807, 2.05) is 24.3 Å². The summed E-state index contributed by atoms with van der Waals surface area (Å²) in [6.45, 7) is 0. The summed E-state index contributed by atoms with van der Waals surface area (Å²) in [5.41, 5.74) is 5.35. The Morgan fingerprint density at radius 1 is 0.897 bits per heavy atom. The number of pyridine rings is 1. The molecule has 0 fully saturated rings. The average Bonchev–Trinajstić information content (AvgIpc) is 3.29. The first kappa shape index (κ1) is 17.3. The van der Waals surface area contributed by atoms with Crippen molar-refractivity contribution < 1.29 is 4.79 Å². The highest BCUT2D eigenvalue weighted by Crippen LogP contribution is 2.26. The number of para-hydroxylation sites is 1. The molecule has 0 saturated heterocycles. The maximum absolute atomic E-state index is 12.5. The van der Waals surface area contributed by atoms with Crippen LogP contribution in [0.2, 0.25) is 0 Å². The second-order valence-electron chi connectivity index (χ2n) is 7.16. The Hall–Kier alpha value is -3.79. The fourth-order valence-corrected chi connectivity index (χ4v) is 3.79. The van der Waals surface area contributed by atoms with E-state index in [1.165, 1.54) is 11.1 Å². The van der Waals surface area contributed by atoms with E-state index in [2.05, 4.69) is 58.5 Å². The summed E-state index contributed by atoms with van der Waals surface area (Å²) in [6.07, 6.45) is 4.40. The van der Waals surface area contributed by atoms with Crippen LogP contribution in [0.4, 0.5) is 0 Å². The third-order valence-electron chi connectivity index (χ3n) is 5.21. The van der Waals surface area contributed by atoms with E-state index >= 15 is 0 Å². The molecule has 29 heavy (non-hydrogen) atoms. The van der Waals surface area contributed by atoms with Gasteiger partial charge < -0.3 is 4.98 Å². The smallest absolute Gasteiger partial charge is 0.202 e. The van der Waals surface area contributed by atoms with Crippen LogP contribution in [0.5, 0.6) is 0 Å². The molecule has 0 bridgehead atoms. The van der Waals surface area contributed by atoms with Gasteiger partial charge in [-0.25, -0.2) is 9.97 Å². The minimum absolute atomic E-state index is 0.0274. The van der Waals surface area contributed by atoms with Gasteiger partial charge in [0.25, 0.3) is 0 Å². The SMILES string of the molecule is O=C(Cc1cccc2nc3c(Cc4ccccc4)cccc3cc12)c1ncc[nH]1. The lowest BCUT2D eigenvalue weighted by Gasteiger charge is -2.10. The second kappa shape index (κ2) is 7.32. The van der Waals surface area contributed by atoms with Crippen molar-refractivity contribution in [2.45, 2.75) is 12.8 Å². The highest BCUT2D eigenvalue weighted by molar-refractivity contribution is 6.00. The van der Waals surface area contributed by atoms with Crippen LogP contribution in [0.1, 0.15) is 27.3 Å². The first-order chi connectivity index (χ1) is 14.3. The van der Waals surface area contributed by atoms with Crippen LogP contribution >= 0.6 is 0 Å². The molecule has 4 heteroatoms. The molecule has 2 aromatic heterocycles. The quantitative estimate of drug-likeness (QED) is 0.341. The summed E-state index contributed by atoms with van der Waals surface area (Å²) in [7, 11) is 0. The molecule has 0 saturated carbocycles. The van der Waals surface area contributed by atoms with Crippen LogP contribution in [0, 0.1) is 0 Å². The minimum atomic E-state index is -0.0274. The molecule has 3 aromatic carbocycles. The predicted molar refractivity (Wildman–Crippen MR) is 115 cm³/mol.